The SMILES string of the molecule is N#Cc1ccc(C(=O)NC/C(=C/Nc2ccccc2)C(=N)c2ccccc2)cc1F. The van der Waals surface area contributed by atoms with Gasteiger partial charge in [-0.1, -0.05) is 48.5 Å². The molecular formula is C24H19FN4O. The van der Waals surface area contributed by atoms with Gasteiger partial charge >= 0.3 is 0 Å². The first-order valence-corrected chi connectivity index (χ1v) is 9.21. The van der Waals surface area contributed by atoms with Crippen molar-refractivity contribution < 1.29 is 9.18 Å². The summed E-state index contributed by atoms with van der Waals surface area (Å²) >= 11 is 0. The van der Waals surface area contributed by atoms with Gasteiger partial charge in [0.25, 0.3) is 5.91 Å². The van der Waals surface area contributed by atoms with Crippen molar-refractivity contribution in [3.05, 3.63) is 113 Å². The zero-order valence-electron chi connectivity index (χ0n) is 16.0. The van der Waals surface area contributed by atoms with E-state index in [2.05, 4.69) is 10.6 Å². The third-order valence-electron chi connectivity index (χ3n) is 4.36. The highest BCUT2D eigenvalue weighted by atomic mass is 19.1. The number of benzene rings is 3. The highest BCUT2D eigenvalue weighted by Crippen LogP contribution is 2.12. The summed E-state index contributed by atoms with van der Waals surface area (Å²) < 4.78 is 13.8. The van der Waals surface area contributed by atoms with Crippen molar-refractivity contribution >= 4 is 17.3 Å². The molecule has 0 aliphatic heterocycles. The first-order valence-electron chi connectivity index (χ1n) is 9.21. The number of anilines is 1. The quantitative estimate of drug-likeness (QED) is 0.512. The zero-order chi connectivity index (χ0) is 21.3. The van der Waals surface area contributed by atoms with Crippen molar-refractivity contribution in [2.24, 2.45) is 0 Å². The Morgan fingerprint density at radius 2 is 1.67 bits per heavy atom. The average molecular weight is 398 g/mol. The lowest BCUT2D eigenvalue weighted by atomic mass is 10.0. The van der Waals surface area contributed by atoms with Crippen molar-refractivity contribution in [1.82, 2.24) is 5.32 Å². The Kier molecular flexibility index (Phi) is 6.70. The molecule has 30 heavy (non-hydrogen) atoms. The van der Waals surface area contributed by atoms with Crippen LogP contribution in [0.2, 0.25) is 0 Å². The van der Waals surface area contributed by atoms with Crippen LogP contribution in [0.3, 0.4) is 0 Å². The number of halogens is 1. The lowest BCUT2D eigenvalue weighted by Gasteiger charge is -2.13. The molecule has 0 saturated carbocycles. The smallest absolute Gasteiger partial charge is 0.251 e. The van der Waals surface area contributed by atoms with E-state index in [1.54, 1.807) is 12.3 Å². The first kappa shape index (κ1) is 20.5. The van der Waals surface area contributed by atoms with E-state index in [1.165, 1.54) is 12.1 Å². The Morgan fingerprint density at radius 3 is 2.30 bits per heavy atom. The molecule has 0 fully saturated rings. The van der Waals surface area contributed by atoms with Crippen LogP contribution < -0.4 is 10.6 Å². The molecule has 3 N–H and O–H groups in total. The van der Waals surface area contributed by atoms with Gasteiger partial charge in [-0.05, 0) is 35.9 Å². The maximum atomic E-state index is 13.8. The van der Waals surface area contributed by atoms with Crippen molar-refractivity contribution in [1.29, 1.82) is 10.7 Å². The van der Waals surface area contributed by atoms with Crippen LogP contribution in [0.15, 0.2) is 90.6 Å². The average Bonchev–Trinajstić information content (AvgIpc) is 2.79. The predicted octanol–water partition coefficient (Wildman–Crippen LogP) is 4.49. The Hall–Kier alpha value is -4.24. The standard InChI is InChI=1S/C24H19FN4O/c25-22-13-18(11-12-19(22)14-26)24(30)29-16-20(15-28-21-9-5-2-6-10-21)23(27)17-7-3-1-4-8-17/h1-13,15,27-28H,16H2,(H,29,30)/b20-15-,27-23?. The van der Waals surface area contributed by atoms with Crippen LogP contribution in [-0.2, 0) is 0 Å². The Labute approximate surface area is 174 Å². The van der Waals surface area contributed by atoms with Gasteiger partial charge in [-0.15, -0.1) is 0 Å². The first-order chi connectivity index (χ1) is 14.6. The molecule has 0 aliphatic carbocycles. The van der Waals surface area contributed by atoms with Gasteiger partial charge in [0, 0.05) is 29.6 Å². The van der Waals surface area contributed by atoms with Gasteiger partial charge in [0.2, 0.25) is 0 Å². The van der Waals surface area contributed by atoms with E-state index in [0.717, 1.165) is 11.8 Å². The van der Waals surface area contributed by atoms with Crippen LogP contribution in [0.5, 0.6) is 0 Å². The van der Waals surface area contributed by atoms with Gasteiger partial charge < -0.3 is 10.6 Å². The highest BCUT2D eigenvalue weighted by Gasteiger charge is 2.13. The van der Waals surface area contributed by atoms with Crippen molar-refractivity contribution in [3.8, 4) is 6.07 Å². The Bertz CT molecular complexity index is 1120. The molecule has 0 radical (unpaired) electrons. The van der Waals surface area contributed by atoms with Crippen LogP contribution in [0.1, 0.15) is 21.5 Å². The molecule has 1 amide bonds. The molecule has 0 saturated heterocycles. The number of hydrogen-bond acceptors (Lipinski definition) is 4. The highest BCUT2D eigenvalue weighted by molar-refractivity contribution is 6.11. The van der Waals surface area contributed by atoms with Crippen LogP contribution in [0, 0.1) is 22.6 Å². The van der Waals surface area contributed by atoms with Gasteiger partial charge in [-0.25, -0.2) is 4.39 Å². The van der Waals surface area contributed by atoms with E-state index >= 15 is 0 Å². The number of carbonyl (C=O) groups excluding carboxylic acids is 1. The molecule has 3 aromatic rings. The molecule has 0 aromatic heterocycles. The van der Waals surface area contributed by atoms with Gasteiger partial charge in [0.15, 0.2) is 0 Å². The fourth-order valence-electron chi connectivity index (χ4n) is 2.73. The van der Waals surface area contributed by atoms with Crippen LogP contribution in [-0.4, -0.2) is 18.2 Å². The molecule has 3 aromatic carbocycles. The van der Waals surface area contributed by atoms with Gasteiger partial charge in [0.1, 0.15) is 11.9 Å². The largest absolute Gasteiger partial charge is 0.361 e. The normalized spacial score (nSPS) is 10.7. The summed E-state index contributed by atoms with van der Waals surface area (Å²) in [6.45, 7) is 0.0635. The summed E-state index contributed by atoms with van der Waals surface area (Å²) in [6.07, 6.45) is 1.67. The molecule has 5 nitrogen and oxygen atoms in total. The summed E-state index contributed by atoms with van der Waals surface area (Å²) in [7, 11) is 0. The van der Waals surface area contributed by atoms with Crippen molar-refractivity contribution in [3.63, 3.8) is 0 Å². The van der Waals surface area contributed by atoms with Crippen molar-refractivity contribution in [2.75, 3.05) is 11.9 Å². The number of amides is 1. The molecule has 0 spiro atoms. The molecule has 3 rings (SSSR count). The van der Waals surface area contributed by atoms with Gasteiger partial charge in [0.05, 0.1) is 11.3 Å². The molecule has 0 atom stereocenters. The summed E-state index contributed by atoms with van der Waals surface area (Å²) in [5.74, 6) is -1.24. The lowest BCUT2D eigenvalue weighted by molar-refractivity contribution is 0.0957. The third-order valence-corrected chi connectivity index (χ3v) is 4.36. The second-order valence-electron chi connectivity index (χ2n) is 6.41. The van der Waals surface area contributed by atoms with Crippen LogP contribution in [0.4, 0.5) is 10.1 Å². The minimum absolute atomic E-state index is 0.0635. The number of carbonyl (C=O) groups is 1. The molecule has 0 unspecified atom stereocenters. The molecule has 0 aliphatic rings. The predicted molar refractivity (Wildman–Crippen MR) is 115 cm³/mol. The minimum Gasteiger partial charge on any atom is -0.361 e. The number of nitriles is 1. The van der Waals surface area contributed by atoms with E-state index in [1.807, 2.05) is 60.7 Å². The lowest BCUT2D eigenvalue weighted by Crippen LogP contribution is -2.28. The number of nitrogens with one attached hydrogen (secondary N) is 3. The Morgan fingerprint density at radius 1 is 1.00 bits per heavy atom. The van der Waals surface area contributed by atoms with E-state index in [0.29, 0.717) is 11.1 Å². The van der Waals surface area contributed by atoms with E-state index in [-0.39, 0.29) is 23.4 Å². The van der Waals surface area contributed by atoms with Crippen LogP contribution in [0.25, 0.3) is 0 Å². The molecule has 148 valence electrons. The monoisotopic (exact) mass is 398 g/mol. The van der Waals surface area contributed by atoms with E-state index < -0.39 is 11.7 Å². The second kappa shape index (κ2) is 9.80. The summed E-state index contributed by atoms with van der Waals surface area (Å²) in [5.41, 5.74) is 2.34. The maximum Gasteiger partial charge on any atom is 0.251 e. The molecule has 0 heterocycles. The fourth-order valence-corrected chi connectivity index (χ4v) is 2.73. The number of para-hydroxylation sites is 1. The fraction of sp³-hybridized carbons (Fsp3) is 0.0417. The Balaban J connectivity index is 1.78. The number of nitrogens with zero attached hydrogens (tertiary/aromatic N) is 1. The molecule has 6 heteroatoms. The minimum atomic E-state index is -0.747. The molecular weight excluding hydrogens is 379 g/mol. The zero-order valence-corrected chi connectivity index (χ0v) is 16.0. The summed E-state index contributed by atoms with van der Waals surface area (Å²) in [5, 5.41) is 23.2. The maximum absolute atomic E-state index is 13.8. The van der Waals surface area contributed by atoms with Gasteiger partial charge in [-0.2, -0.15) is 5.26 Å². The van der Waals surface area contributed by atoms with E-state index in [4.69, 9.17) is 10.7 Å². The summed E-state index contributed by atoms with van der Waals surface area (Å²) in [4.78, 5) is 12.5. The van der Waals surface area contributed by atoms with Crippen molar-refractivity contribution in [2.45, 2.75) is 0 Å². The number of hydrogen-bond donors (Lipinski definition) is 3. The van der Waals surface area contributed by atoms with E-state index in [9.17, 15) is 9.18 Å². The number of rotatable bonds is 7. The third kappa shape index (κ3) is 5.18. The second-order valence-corrected chi connectivity index (χ2v) is 6.41. The van der Waals surface area contributed by atoms with Gasteiger partial charge in [-0.3, -0.25) is 10.2 Å². The van der Waals surface area contributed by atoms with Crippen LogP contribution >= 0.6 is 0 Å². The molecule has 0 bridgehead atoms. The summed E-state index contributed by atoms with van der Waals surface area (Å²) in [6, 6.07) is 24.0. The topological polar surface area (TPSA) is 88.8 Å².